The van der Waals surface area contributed by atoms with Gasteiger partial charge in [0.05, 0.1) is 17.0 Å². The van der Waals surface area contributed by atoms with Crippen LogP contribution in [-0.2, 0) is 6.42 Å². The Bertz CT molecular complexity index is 441. The van der Waals surface area contributed by atoms with E-state index in [9.17, 15) is 4.79 Å². The molecule has 2 N–H and O–H groups in total. The van der Waals surface area contributed by atoms with Crippen molar-refractivity contribution in [1.82, 2.24) is 20.8 Å². The van der Waals surface area contributed by atoms with Crippen molar-refractivity contribution in [1.29, 1.82) is 0 Å². The largest absolute Gasteiger partial charge is 0.352 e. The molecule has 1 aliphatic rings. The van der Waals surface area contributed by atoms with Gasteiger partial charge in [0, 0.05) is 12.6 Å². The summed E-state index contributed by atoms with van der Waals surface area (Å²) in [5, 5.41) is 14.5. The molecule has 19 heavy (non-hydrogen) atoms. The maximum absolute atomic E-state index is 12.2. The third kappa shape index (κ3) is 3.73. The molecule has 1 unspecified atom stereocenters. The van der Waals surface area contributed by atoms with Crippen LogP contribution in [0, 0.1) is 6.92 Å². The van der Waals surface area contributed by atoms with E-state index in [1.165, 1.54) is 12.8 Å². The van der Waals surface area contributed by atoms with Crippen LogP contribution in [0.1, 0.15) is 47.9 Å². The minimum Gasteiger partial charge on any atom is -0.352 e. The number of hydrogen-bond acceptors (Lipinski definition) is 4. The predicted octanol–water partition coefficient (Wildman–Crippen LogP) is 1.22. The third-order valence-corrected chi connectivity index (χ3v) is 3.51. The summed E-state index contributed by atoms with van der Waals surface area (Å²) in [6.07, 6.45) is 4.17. The van der Waals surface area contributed by atoms with Crippen LogP contribution in [-0.4, -0.2) is 35.2 Å². The van der Waals surface area contributed by atoms with E-state index < -0.39 is 0 Å². The van der Waals surface area contributed by atoms with E-state index >= 15 is 0 Å². The van der Waals surface area contributed by atoms with E-state index in [1.54, 1.807) is 0 Å². The fraction of sp³-hybridized carbons (Fsp3) is 0.643. The van der Waals surface area contributed by atoms with Crippen molar-refractivity contribution < 1.29 is 4.79 Å². The number of nitrogens with zero attached hydrogens (tertiary/aromatic N) is 2. The number of carbonyl (C=O) groups excluding carboxylic acids is 1. The molecule has 0 spiro atoms. The second kappa shape index (κ2) is 6.61. The first-order valence-electron chi connectivity index (χ1n) is 7.05. The van der Waals surface area contributed by atoms with E-state index in [1.807, 2.05) is 19.9 Å². The average molecular weight is 262 g/mol. The molecule has 0 aromatic carbocycles. The molecule has 1 fully saturated rings. The van der Waals surface area contributed by atoms with Crippen molar-refractivity contribution in [3.8, 4) is 0 Å². The summed E-state index contributed by atoms with van der Waals surface area (Å²) in [7, 11) is 0. The van der Waals surface area contributed by atoms with Gasteiger partial charge in [-0.15, -0.1) is 0 Å². The molecule has 0 aliphatic carbocycles. The third-order valence-electron chi connectivity index (χ3n) is 3.51. The van der Waals surface area contributed by atoms with Crippen molar-refractivity contribution in [2.45, 2.75) is 45.6 Å². The van der Waals surface area contributed by atoms with Crippen LogP contribution < -0.4 is 10.6 Å². The molecule has 1 aromatic rings. The first kappa shape index (κ1) is 13.9. The zero-order valence-electron chi connectivity index (χ0n) is 11.7. The topological polar surface area (TPSA) is 66.9 Å². The minimum absolute atomic E-state index is 0.0344. The van der Waals surface area contributed by atoms with Crippen LogP contribution in [0.5, 0.6) is 0 Å². The van der Waals surface area contributed by atoms with Crippen molar-refractivity contribution >= 4 is 5.91 Å². The van der Waals surface area contributed by atoms with Gasteiger partial charge in [-0.3, -0.25) is 4.79 Å². The van der Waals surface area contributed by atoms with Gasteiger partial charge >= 0.3 is 0 Å². The predicted molar refractivity (Wildman–Crippen MR) is 74.1 cm³/mol. The van der Waals surface area contributed by atoms with E-state index in [-0.39, 0.29) is 5.91 Å². The van der Waals surface area contributed by atoms with E-state index in [4.69, 9.17) is 0 Å². The molecule has 0 radical (unpaired) electrons. The Morgan fingerprint density at radius 1 is 1.53 bits per heavy atom. The monoisotopic (exact) mass is 262 g/mol. The number of aryl methyl sites for hydroxylation is 2. The zero-order valence-corrected chi connectivity index (χ0v) is 11.7. The number of nitrogens with one attached hydrogen (secondary N) is 2. The van der Waals surface area contributed by atoms with Gasteiger partial charge in [-0.05, 0) is 45.2 Å². The Hall–Kier alpha value is -1.49. The fourth-order valence-electron chi connectivity index (χ4n) is 2.43. The SMILES string of the molecule is CCc1nnc(C)cc1C(=O)NCCC1CCCN1. The van der Waals surface area contributed by atoms with Crippen LogP contribution in [0.2, 0.25) is 0 Å². The molecule has 2 heterocycles. The van der Waals surface area contributed by atoms with Crippen molar-refractivity contribution in [2.24, 2.45) is 0 Å². The minimum atomic E-state index is -0.0344. The average Bonchev–Trinajstić information content (AvgIpc) is 2.91. The quantitative estimate of drug-likeness (QED) is 0.837. The standard InChI is InChI=1S/C14H22N4O/c1-3-13-12(9-10(2)17-18-13)14(19)16-8-6-11-5-4-7-15-11/h9,11,15H,3-8H2,1-2H3,(H,16,19). The van der Waals surface area contributed by atoms with E-state index in [0.717, 1.165) is 30.8 Å². The van der Waals surface area contributed by atoms with E-state index in [2.05, 4.69) is 20.8 Å². The molecule has 104 valence electrons. The Labute approximate surface area is 114 Å². The number of amides is 1. The van der Waals surface area contributed by atoms with Gasteiger partial charge in [0.2, 0.25) is 0 Å². The van der Waals surface area contributed by atoms with Crippen LogP contribution in [0.3, 0.4) is 0 Å². The maximum atomic E-state index is 12.2. The Morgan fingerprint density at radius 2 is 2.37 bits per heavy atom. The molecule has 1 amide bonds. The highest BCUT2D eigenvalue weighted by molar-refractivity contribution is 5.95. The summed E-state index contributed by atoms with van der Waals surface area (Å²) >= 11 is 0. The summed E-state index contributed by atoms with van der Waals surface area (Å²) in [6.45, 7) is 5.65. The summed E-state index contributed by atoms with van der Waals surface area (Å²) < 4.78 is 0. The Balaban J connectivity index is 1.89. The second-order valence-corrected chi connectivity index (χ2v) is 5.04. The summed E-state index contributed by atoms with van der Waals surface area (Å²) in [4.78, 5) is 12.2. The summed E-state index contributed by atoms with van der Waals surface area (Å²) in [6, 6.07) is 2.37. The molecule has 1 aromatic heterocycles. The van der Waals surface area contributed by atoms with Crippen LogP contribution >= 0.6 is 0 Å². The molecule has 5 heteroatoms. The molecule has 5 nitrogen and oxygen atoms in total. The van der Waals surface area contributed by atoms with Crippen molar-refractivity contribution in [3.05, 3.63) is 23.0 Å². The van der Waals surface area contributed by atoms with Gasteiger partial charge in [-0.1, -0.05) is 6.92 Å². The summed E-state index contributed by atoms with van der Waals surface area (Å²) in [5.41, 5.74) is 2.20. The van der Waals surface area contributed by atoms with Gasteiger partial charge in [-0.25, -0.2) is 0 Å². The molecule has 1 saturated heterocycles. The first-order valence-corrected chi connectivity index (χ1v) is 7.05. The lowest BCUT2D eigenvalue weighted by atomic mass is 10.1. The number of rotatable bonds is 5. The van der Waals surface area contributed by atoms with E-state index in [0.29, 0.717) is 18.2 Å². The highest BCUT2D eigenvalue weighted by atomic mass is 16.1. The highest BCUT2D eigenvalue weighted by Crippen LogP contribution is 2.09. The van der Waals surface area contributed by atoms with Gasteiger partial charge in [0.1, 0.15) is 0 Å². The number of hydrogen-bond donors (Lipinski definition) is 2. The van der Waals surface area contributed by atoms with Crippen LogP contribution in [0.25, 0.3) is 0 Å². The molecule has 2 rings (SSSR count). The second-order valence-electron chi connectivity index (χ2n) is 5.04. The normalized spacial score (nSPS) is 18.5. The molecule has 1 atom stereocenters. The van der Waals surface area contributed by atoms with Gasteiger partial charge in [-0.2, -0.15) is 10.2 Å². The lowest BCUT2D eigenvalue weighted by Crippen LogP contribution is -2.31. The van der Waals surface area contributed by atoms with Crippen molar-refractivity contribution in [2.75, 3.05) is 13.1 Å². The smallest absolute Gasteiger partial charge is 0.253 e. The van der Waals surface area contributed by atoms with Gasteiger partial charge in [0.15, 0.2) is 0 Å². The lowest BCUT2D eigenvalue weighted by Gasteiger charge is -2.12. The summed E-state index contributed by atoms with van der Waals surface area (Å²) in [5.74, 6) is -0.0344. The molecule has 0 saturated carbocycles. The van der Waals surface area contributed by atoms with Gasteiger partial charge in [0.25, 0.3) is 5.91 Å². The van der Waals surface area contributed by atoms with Crippen LogP contribution in [0.4, 0.5) is 0 Å². The zero-order chi connectivity index (χ0) is 13.7. The fourth-order valence-corrected chi connectivity index (χ4v) is 2.43. The molecule has 1 aliphatic heterocycles. The highest BCUT2D eigenvalue weighted by Gasteiger charge is 2.15. The molecule has 0 bridgehead atoms. The maximum Gasteiger partial charge on any atom is 0.253 e. The van der Waals surface area contributed by atoms with Crippen molar-refractivity contribution in [3.63, 3.8) is 0 Å². The lowest BCUT2D eigenvalue weighted by molar-refractivity contribution is 0.0950. The molecular formula is C14H22N4O. The van der Waals surface area contributed by atoms with Crippen LogP contribution in [0.15, 0.2) is 6.07 Å². The molecular weight excluding hydrogens is 240 g/mol. The number of carbonyl (C=O) groups is 1. The van der Waals surface area contributed by atoms with Gasteiger partial charge < -0.3 is 10.6 Å². The first-order chi connectivity index (χ1) is 9.20. The Kier molecular flexibility index (Phi) is 4.85. The number of aromatic nitrogens is 2. The Morgan fingerprint density at radius 3 is 3.05 bits per heavy atom.